The second-order valence-electron chi connectivity index (χ2n) is 7.54. The molecule has 0 saturated carbocycles. The molecule has 0 atom stereocenters. The molecule has 25 heavy (non-hydrogen) atoms. The molecular weight excluding hydrogens is 320 g/mol. The third-order valence-corrected chi connectivity index (χ3v) is 4.35. The molecule has 2 heterocycles. The van der Waals surface area contributed by atoms with E-state index in [-0.39, 0.29) is 6.09 Å². The highest BCUT2D eigenvalue weighted by Crippen LogP contribution is 2.30. The van der Waals surface area contributed by atoms with Crippen LogP contribution in [0.1, 0.15) is 26.3 Å². The van der Waals surface area contributed by atoms with Crippen molar-refractivity contribution in [3.63, 3.8) is 0 Å². The quantitative estimate of drug-likeness (QED) is 0.840. The van der Waals surface area contributed by atoms with E-state index in [0.29, 0.717) is 13.2 Å². The lowest BCUT2D eigenvalue weighted by molar-refractivity contribution is 0.0146. The van der Waals surface area contributed by atoms with Gasteiger partial charge in [0.25, 0.3) is 0 Å². The minimum absolute atomic E-state index is 0.209. The lowest BCUT2D eigenvalue weighted by atomic mass is 10.1. The summed E-state index contributed by atoms with van der Waals surface area (Å²) in [4.78, 5) is 16.3. The number of piperazine rings is 1. The topological polar surface area (TPSA) is 51.2 Å². The Hall–Kier alpha value is -1.95. The summed E-state index contributed by atoms with van der Waals surface area (Å²) >= 11 is 0. The third-order valence-electron chi connectivity index (χ3n) is 4.35. The SMILES string of the molecule is CC(C)(C)OC(=O)N1CCN(CCc2ccc3c(c2)OCCO3)CC1. The van der Waals surface area contributed by atoms with Gasteiger partial charge in [-0.2, -0.15) is 0 Å². The van der Waals surface area contributed by atoms with Crippen LogP contribution in [0, 0.1) is 0 Å². The minimum Gasteiger partial charge on any atom is -0.486 e. The van der Waals surface area contributed by atoms with Gasteiger partial charge in [0.15, 0.2) is 11.5 Å². The van der Waals surface area contributed by atoms with E-state index >= 15 is 0 Å². The van der Waals surface area contributed by atoms with E-state index in [1.807, 2.05) is 26.8 Å². The van der Waals surface area contributed by atoms with Crippen molar-refractivity contribution in [2.75, 3.05) is 45.9 Å². The van der Waals surface area contributed by atoms with Gasteiger partial charge in [-0.15, -0.1) is 0 Å². The Morgan fingerprint density at radius 2 is 1.76 bits per heavy atom. The molecule has 0 spiro atoms. The number of amides is 1. The van der Waals surface area contributed by atoms with E-state index in [1.165, 1.54) is 5.56 Å². The summed E-state index contributed by atoms with van der Waals surface area (Å²) in [6, 6.07) is 6.17. The van der Waals surface area contributed by atoms with E-state index in [0.717, 1.165) is 50.6 Å². The van der Waals surface area contributed by atoms with Gasteiger partial charge in [-0.05, 0) is 44.9 Å². The molecule has 2 aliphatic heterocycles. The normalized spacial score (nSPS) is 18.1. The molecule has 1 aromatic rings. The first kappa shape index (κ1) is 17.9. The number of hydrogen-bond donors (Lipinski definition) is 0. The van der Waals surface area contributed by atoms with Crippen LogP contribution in [0.4, 0.5) is 4.79 Å². The van der Waals surface area contributed by atoms with Crippen LogP contribution in [0.3, 0.4) is 0 Å². The van der Waals surface area contributed by atoms with Gasteiger partial charge in [0, 0.05) is 32.7 Å². The van der Waals surface area contributed by atoms with Crippen molar-refractivity contribution in [1.82, 2.24) is 9.80 Å². The predicted octanol–water partition coefficient (Wildman–Crippen LogP) is 2.55. The summed E-state index contributed by atoms with van der Waals surface area (Å²) in [5.41, 5.74) is 0.811. The van der Waals surface area contributed by atoms with E-state index < -0.39 is 5.60 Å². The first-order valence-corrected chi connectivity index (χ1v) is 8.99. The highest BCUT2D eigenvalue weighted by atomic mass is 16.6. The van der Waals surface area contributed by atoms with E-state index in [4.69, 9.17) is 14.2 Å². The van der Waals surface area contributed by atoms with Crippen molar-refractivity contribution in [2.24, 2.45) is 0 Å². The van der Waals surface area contributed by atoms with Gasteiger partial charge in [-0.3, -0.25) is 4.90 Å². The number of hydrogen-bond acceptors (Lipinski definition) is 5. The molecule has 0 aliphatic carbocycles. The lowest BCUT2D eigenvalue weighted by Crippen LogP contribution is -2.50. The monoisotopic (exact) mass is 348 g/mol. The largest absolute Gasteiger partial charge is 0.486 e. The fraction of sp³-hybridized carbons (Fsp3) is 0.632. The average molecular weight is 348 g/mol. The first-order valence-electron chi connectivity index (χ1n) is 8.99. The third kappa shape index (κ3) is 5.01. The number of ether oxygens (including phenoxy) is 3. The molecule has 1 aromatic carbocycles. The molecule has 0 unspecified atom stereocenters. The Balaban J connectivity index is 1.44. The minimum atomic E-state index is -0.438. The molecule has 0 aromatic heterocycles. The number of nitrogens with zero attached hydrogens (tertiary/aromatic N) is 2. The molecule has 3 rings (SSSR count). The van der Waals surface area contributed by atoms with Crippen LogP contribution in [-0.4, -0.2) is 67.4 Å². The molecule has 1 amide bonds. The van der Waals surface area contributed by atoms with Crippen LogP contribution >= 0.6 is 0 Å². The molecule has 1 fully saturated rings. The molecular formula is C19H28N2O4. The molecule has 0 bridgehead atoms. The maximum Gasteiger partial charge on any atom is 0.410 e. The van der Waals surface area contributed by atoms with Gasteiger partial charge in [0.05, 0.1) is 0 Å². The second kappa shape index (κ2) is 7.52. The Labute approximate surface area is 149 Å². The van der Waals surface area contributed by atoms with E-state index in [9.17, 15) is 4.79 Å². The Kier molecular flexibility index (Phi) is 5.37. The van der Waals surface area contributed by atoms with Gasteiger partial charge in [-0.25, -0.2) is 4.79 Å². The van der Waals surface area contributed by atoms with Crippen LogP contribution in [-0.2, 0) is 11.2 Å². The number of fused-ring (bicyclic) bond motifs is 1. The Morgan fingerprint density at radius 3 is 2.44 bits per heavy atom. The Morgan fingerprint density at radius 1 is 1.08 bits per heavy atom. The number of rotatable bonds is 3. The van der Waals surface area contributed by atoms with Crippen LogP contribution in [0.5, 0.6) is 11.5 Å². The number of carbonyl (C=O) groups excluding carboxylic acids is 1. The Bertz CT molecular complexity index is 604. The van der Waals surface area contributed by atoms with Gasteiger partial charge >= 0.3 is 6.09 Å². The van der Waals surface area contributed by atoms with Gasteiger partial charge < -0.3 is 19.1 Å². The zero-order chi connectivity index (χ0) is 17.9. The van der Waals surface area contributed by atoms with Crippen molar-refractivity contribution in [2.45, 2.75) is 32.8 Å². The molecule has 6 heteroatoms. The van der Waals surface area contributed by atoms with Crippen LogP contribution < -0.4 is 9.47 Å². The van der Waals surface area contributed by atoms with Crippen molar-refractivity contribution < 1.29 is 19.0 Å². The zero-order valence-corrected chi connectivity index (χ0v) is 15.4. The van der Waals surface area contributed by atoms with Crippen LogP contribution in [0.25, 0.3) is 0 Å². The standard InChI is InChI=1S/C19H28N2O4/c1-19(2,3)25-18(22)21-10-8-20(9-11-21)7-6-15-4-5-16-17(14-15)24-13-12-23-16/h4-5,14H,6-13H2,1-3H3. The highest BCUT2D eigenvalue weighted by Gasteiger charge is 2.25. The van der Waals surface area contributed by atoms with E-state index in [1.54, 1.807) is 4.90 Å². The predicted molar refractivity (Wildman–Crippen MR) is 95.4 cm³/mol. The maximum absolute atomic E-state index is 12.1. The number of benzene rings is 1. The maximum atomic E-state index is 12.1. The fourth-order valence-electron chi connectivity index (χ4n) is 3.01. The van der Waals surface area contributed by atoms with Crippen molar-refractivity contribution >= 4 is 6.09 Å². The van der Waals surface area contributed by atoms with Crippen LogP contribution in [0.2, 0.25) is 0 Å². The summed E-state index contributed by atoms with van der Waals surface area (Å²) in [5.74, 6) is 1.68. The highest BCUT2D eigenvalue weighted by molar-refractivity contribution is 5.68. The van der Waals surface area contributed by atoms with Gasteiger partial charge in [0.1, 0.15) is 18.8 Å². The zero-order valence-electron chi connectivity index (χ0n) is 15.4. The first-order chi connectivity index (χ1) is 11.9. The molecule has 6 nitrogen and oxygen atoms in total. The van der Waals surface area contributed by atoms with Crippen molar-refractivity contribution in [1.29, 1.82) is 0 Å². The molecule has 0 radical (unpaired) electrons. The summed E-state index contributed by atoms with van der Waals surface area (Å²) in [7, 11) is 0. The van der Waals surface area contributed by atoms with Crippen molar-refractivity contribution in [3.8, 4) is 11.5 Å². The van der Waals surface area contributed by atoms with Crippen LogP contribution in [0.15, 0.2) is 18.2 Å². The van der Waals surface area contributed by atoms with Crippen molar-refractivity contribution in [3.05, 3.63) is 23.8 Å². The average Bonchev–Trinajstić information content (AvgIpc) is 2.59. The molecule has 2 aliphatic rings. The lowest BCUT2D eigenvalue weighted by Gasteiger charge is -2.35. The summed E-state index contributed by atoms with van der Waals surface area (Å²) < 4.78 is 16.6. The fourth-order valence-corrected chi connectivity index (χ4v) is 3.01. The summed E-state index contributed by atoms with van der Waals surface area (Å²) in [6.45, 7) is 11.1. The van der Waals surface area contributed by atoms with Gasteiger partial charge in [0.2, 0.25) is 0 Å². The second-order valence-corrected chi connectivity index (χ2v) is 7.54. The van der Waals surface area contributed by atoms with E-state index in [2.05, 4.69) is 17.0 Å². The molecule has 0 N–H and O–H groups in total. The molecule has 1 saturated heterocycles. The summed E-state index contributed by atoms with van der Waals surface area (Å²) in [5, 5.41) is 0. The molecule has 138 valence electrons. The smallest absolute Gasteiger partial charge is 0.410 e. The summed E-state index contributed by atoms with van der Waals surface area (Å²) in [6.07, 6.45) is 0.752. The van der Waals surface area contributed by atoms with Gasteiger partial charge in [-0.1, -0.05) is 6.07 Å². The number of carbonyl (C=O) groups is 1.